The van der Waals surface area contributed by atoms with E-state index in [0.29, 0.717) is 0 Å². The Hall–Kier alpha value is -0.497. The van der Waals surface area contributed by atoms with Crippen molar-refractivity contribution in [2.24, 2.45) is 0 Å². The van der Waals surface area contributed by atoms with Gasteiger partial charge >= 0.3 is 142 Å². The first-order chi connectivity index (χ1) is 10.7. The standard InChI is InChI=1S/C21H36Ge/c1-5-8-16-22(17-9-6-2,18-10-7-3)20(4)19-21-14-12-11-13-15-21/h11-15,19H,5-10,16-18H2,1-4H3/b20-19+. The molecule has 0 spiro atoms. The molecule has 1 heteroatoms. The van der Waals surface area contributed by atoms with Crippen LogP contribution in [0.1, 0.15) is 71.8 Å². The summed E-state index contributed by atoms with van der Waals surface area (Å²) in [6.07, 6.45) is 10.9. The van der Waals surface area contributed by atoms with E-state index in [0.717, 1.165) is 0 Å². The van der Waals surface area contributed by atoms with Gasteiger partial charge in [0, 0.05) is 0 Å². The van der Waals surface area contributed by atoms with Crippen LogP contribution in [-0.2, 0) is 0 Å². The van der Waals surface area contributed by atoms with Gasteiger partial charge in [-0.05, 0) is 0 Å². The van der Waals surface area contributed by atoms with E-state index in [9.17, 15) is 0 Å². The molecule has 1 aromatic rings. The Kier molecular flexibility index (Phi) is 9.87. The number of hydrogen-bond acceptors (Lipinski definition) is 0. The minimum absolute atomic E-state index is 1.35. The summed E-state index contributed by atoms with van der Waals surface area (Å²) in [7, 11) is 0. The van der Waals surface area contributed by atoms with Crippen molar-refractivity contribution in [3.63, 3.8) is 0 Å². The van der Waals surface area contributed by atoms with E-state index in [1.54, 1.807) is 20.2 Å². The zero-order chi connectivity index (χ0) is 16.3. The molecule has 0 fully saturated rings. The van der Waals surface area contributed by atoms with Crippen molar-refractivity contribution in [2.45, 2.75) is 82.0 Å². The monoisotopic (exact) mass is 362 g/mol. The average Bonchev–Trinajstić information content (AvgIpc) is 2.55. The van der Waals surface area contributed by atoms with Crippen LogP contribution >= 0.6 is 0 Å². The normalized spacial score (nSPS) is 12.6. The summed E-state index contributed by atoms with van der Waals surface area (Å²) in [5.74, 6) is 0. The van der Waals surface area contributed by atoms with Crippen LogP contribution in [0.5, 0.6) is 0 Å². The molecule has 0 amide bonds. The number of benzene rings is 1. The number of unbranched alkanes of at least 4 members (excludes halogenated alkanes) is 3. The van der Waals surface area contributed by atoms with E-state index >= 15 is 0 Å². The molecule has 0 radical (unpaired) electrons. The Labute approximate surface area is 141 Å². The third-order valence-corrected chi connectivity index (χ3v) is 17.1. The zero-order valence-electron chi connectivity index (χ0n) is 15.3. The van der Waals surface area contributed by atoms with Crippen molar-refractivity contribution >= 4 is 19.3 Å². The van der Waals surface area contributed by atoms with Crippen molar-refractivity contribution in [1.29, 1.82) is 0 Å². The van der Waals surface area contributed by atoms with Gasteiger partial charge in [-0.1, -0.05) is 0 Å². The summed E-state index contributed by atoms with van der Waals surface area (Å²) >= 11 is -1.88. The molecule has 0 heterocycles. The van der Waals surface area contributed by atoms with Gasteiger partial charge in [0.1, 0.15) is 0 Å². The van der Waals surface area contributed by atoms with Crippen LogP contribution in [0.25, 0.3) is 6.08 Å². The summed E-state index contributed by atoms with van der Waals surface area (Å²) in [5, 5.41) is 4.64. The second-order valence-electron chi connectivity index (χ2n) is 6.83. The summed E-state index contributed by atoms with van der Waals surface area (Å²) in [6, 6.07) is 11.0. The van der Waals surface area contributed by atoms with E-state index < -0.39 is 13.3 Å². The van der Waals surface area contributed by atoms with Gasteiger partial charge in [-0.25, -0.2) is 0 Å². The number of hydrogen-bond donors (Lipinski definition) is 0. The van der Waals surface area contributed by atoms with Crippen LogP contribution in [0.4, 0.5) is 0 Å². The van der Waals surface area contributed by atoms with Crippen molar-refractivity contribution < 1.29 is 0 Å². The molecule has 0 aliphatic carbocycles. The molecule has 0 aliphatic heterocycles. The van der Waals surface area contributed by atoms with Gasteiger partial charge in [-0.15, -0.1) is 0 Å². The molecule has 0 saturated carbocycles. The first-order valence-corrected chi connectivity index (χ1v) is 14.9. The Morgan fingerprint density at radius 2 is 1.27 bits per heavy atom. The first kappa shape index (κ1) is 19.5. The molecule has 0 bridgehead atoms. The van der Waals surface area contributed by atoms with Crippen LogP contribution in [0.15, 0.2) is 34.7 Å². The van der Waals surface area contributed by atoms with Crippen molar-refractivity contribution in [2.75, 3.05) is 0 Å². The molecule has 22 heavy (non-hydrogen) atoms. The average molecular weight is 361 g/mol. The molecule has 0 aromatic heterocycles. The third kappa shape index (κ3) is 6.32. The fourth-order valence-electron chi connectivity index (χ4n) is 3.46. The van der Waals surface area contributed by atoms with Gasteiger partial charge < -0.3 is 0 Å². The van der Waals surface area contributed by atoms with E-state index in [-0.39, 0.29) is 0 Å². The van der Waals surface area contributed by atoms with E-state index in [4.69, 9.17) is 0 Å². The molecule has 1 aromatic carbocycles. The molecule has 0 atom stereocenters. The van der Waals surface area contributed by atoms with Gasteiger partial charge in [0.25, 0.3) is 0 Å². The van der Waals surface area contributed by atoms with Crippen LogP contribution < -0.4 is 0 Å². The molecule has 0 unspecified atom stereocenters. The van der Waals surface area contributed by atoms with Gasteiger partial charge in [-0.3, -0.25) is 0 Å². The van der Waals surface area contributed by atoms with Crippen molar-refractivity contribution in [1.82, 2.24) is 0 Å². The van der Waals surface area contributed by atoms with Crippen LogP contribution in [-0.4, -0.2) is 13.3 Å². The van der Waals surface area contributed by atoms with Crippen LogP contribution in [0.3, 0.4) is 0 Å². The van der Waals surface area contributed by atoms with Gasteiger partial charge in [-0.2, -0.15) is 0 Å². The summed E-state index contributed by atoms with van der Waals surface area (Å²) < 4.78 is 1.79. The number of allylic oxidation sites excluding steroid dienone is 1. The maximum atomic E-state index is 2.53. The molecule has 0 saturated heterocycles. The third-order valence-electron chi connectivity index (χ3n) is 5.05. The minimum atomic E-state index is -1.88. The van der Waals surface area contributed by atoms with Gasteiger partial charge in [0.05, 0.1) is 0 Å². The predicted octanol–water partition coefficient (Wildman–Crippen LogP) is 7.48. The summed E-state index contributed by atoms with van der Waals surface area (Å²) in [5.41, 5.74) is 1.40. The van der Waals surface area contributed by atoms with Crippen LogP contribution in [0, 0.1) is 0 Å². The molecule has 1 rings (SSSR count). The molecule has 0 N–H and O–H groups in total. The van der Waals surface area contributed by atoms with Crippen molar-refractivity contribution in [3.8, 4) is 0 Å². The fraction of sp³-hybridized carbons (Fsp3) is 0.619. The van der Waals surface area contributed by atoms with Gasteiger partial charge in [0.2, 0.25) is 0 Å². The Bertz CT molecular complexity index is 397. The molecule has 0 nitrogen and oxygen atoms in total. The summed E-state index contributed by atoms with van der Waals surface area (Å²) in [6.45, 7) is 9.52. The molecular formula is C21H36Ge. The topological polar surface area (TPSA) is 0 Å². The first-order valence-electron chi connectivity index (χ1n) is 9.42. The molecule has 124 valence electrons. The van der Waals surface area contributed by atoms with Crippen LogP contribution in [0.2, 0.25) is 15.8 Å². The Balaban J connectivity index is 3.04. The maximum absolute atomic E-state index is 2.53. The van der Waals surface area contributed by atoms with Crippen molar-refractivity contribution in [3.05, 3.63) is 40.3 Å². The Morgan fingerprint density at radius 1 is 0.818 bits per heavy atom. The van der Waals surface area contributed by atoms with E-state index in [2.05, 4.69) is 64.1 Å². The SMILES string of the molecule is CCC[CH2][Ge]([CH2]CCC)([CH2]CCC)/[C](C)=C/c1ccccc1. The van der Waals surface area contributed by atoms with Gasteiger partial charge in [0.15, 0.2) is 0 Å². The van der Waals surface area contributed by atoms with E-state index in [1.807, 2.05) is 0 Å². The molecule has 0 aliphatic rings. The quantitative estimate of drug-likeness (QED) is 0.359. The summed E-state index contributed by atoms with van der Waals surface area (Å²) in [4.78, 5) is 0. The second-order valence-corrected chi connectivity index (χ2v) is 17.0. The fourth-order valence-corrected chi connectivity index (χ4v) is 15.0. The Morgan fingerprint density at radius 3 is 1.68 bits per heavy atom. The zero-order valence-corrected chi connectivity index (χ0v) is 17.4. The molecular weight excluding hydrogens is 325 g/mol. The number of rotatable bonds is 11. The van der Waals surface area contributed by atoms with E-state index in [1.165, 1.54) is 44.1 Å². The second kappa shape index (κ2) is 11.1. The predicted molar refractivity (Wildman–Crippen MR) is 105 cm³/mol.